The highest BCUT2D eigenvalue weighted by molar-refractivity contribution is 5.79. The predicted octanol–water partition coefficient (Wildman–Crippen LogP) is 0.412. The van der Waals surface area contributed by atoms with Crippen molar-refractivity contribution in [3.05, 3.63) is 42.1 Å². The first-order chi connectivity index (χ1) is 9.69. The summed E-state index contributed by atoms with van der Waals surface area (Å²) in [4.78, 5) is 4.09. The second kappa shape index (κ2) is 6.76. The Bertz CT molecular complexity index is 547. The van der Waals surface area contributed by atoms with Gasteiger partial charge in [0.15, 0.2) is 5.96 Å². The van der Waals surface area contributed by atoms with Gasteiger partial charge in [0, 0.05) is 44.5 Å². The van der Waals surface area contributed by atoms with Crippen molar-refractivity contribution in [2.75, 3.05) is 13.6 Å². The second-order valence-electron chi connectivity index (χ2n) is 4.40. The van der Waals surface area contributed by atoms with E-state index in [4.69, 9.17) is 4.42 Å². The highest BCUT2D eigenvalue weighted by atomic mass is 16.3. The number of aromatic nitrogens is 2. The molecule has 3 N–H and O–H groups in total. The standard InChI is InChI=1S/C13H19N5O2/c1-14-13(15-5-10-3-4-20-9-10)16-7-12(19)11-6-17-18(2)8-11/h3-4,6,8-9,12,19H,5,7H2,1-2H3,(H2,14,15,16). The summed E-state index contributed by atoms with van der Waals surface area (Å²) in [6.07, 6.45) is 6.10. The van der Waals surface area contributed by atoms with E-state index in [1.54, 1.807) is 36.6 Å². The minimum Gasteiger partial charge on any atom is -0.472 e. The van der Waals surface area contributed by atoms with E-state index >= 15 is 0 Å². The molecule has 0 fully saturated rings. The van der Waals surface area contributed by atoms with Gasteiger partial charge in [0.05, 0.1) is 24.8 Å². The van der Waals surface area contributed by atoms with Crippen LogP contribution in [0.3, 0.4) is 0 Å². The Morgan fingerprint density at radius 2 is 2.40 bits per heavy atom. The monoisotopic (exact) mass is 277 g/mol. The van der Waals surface area contributed by atoms with E-state index in [2.05, 4.69) is 20.7 Å². The Morgan fingerprint density at radius 1 is 1.55 bits per heavy atom. The lowest BCUT2D eigenvalue weighted by atomic mass is 10.2. The summed E-state index contributed by atoms with van der Waals surface area (Å²) in [6, 6.07) is 1.88. The fraction of sp³-hybridized carbons (Fsp3) is 0.385. The summed E-state index contributed by atoms with van der Waals surface area (Å²) in [5, 5.41) is 20.2. The second-order valence-corrected chi connectivity index (χ2v) is 4.40. The molecule has 1 atom stereocenters. The summed E-state index contributed by atoms with van der Waals surface area (Å²) in [5.74, 6) is 0.620. The number of nitrogens with one attached hydrogen (secondary N) is 2. The average molecular weight is 277 g/mol. The molecule has 7 heteroatoms. The Hall–Kier alpha value is -2.28. The van der Waals surface area contributed by atoms with E-state index in [0.717, 1.165) is 11.1 Å². The molecule has 108 valence electrons. The van der Waals surface area contributed by atoms with Crippen molar-refractivity contribution in [3.63, 3.8) is 0 Å². The number of aryl methyl sites for hydroxylation is 1. The Morgan fingerprint density at radius 3 is 3.00 bits per heavy atom. The summed E-state index contributed by atoms with van der Waals surface area (Å²) in [5.41, 5.74) is 1.80. The Labute approximate surface area is 117 Å². The number of aliphatic imine (C=N–C) groups is 1. The van der Waals surface area contributed by atoms with Crippen molar-refractivity contribution in [1.82, 2.24) is 20.4 Å². The topological polar surface area (TPSA) is 87.6 Å². The van der Waals surface area contributed by atoms with E-state index in [9.17, 15) is 5.11 Å². The molecular formula is C13H19N5O2. The van der Waals surface area contributed by atoms with Crippen LogP contribution in [-0.2, 0) is 13.6 Å². The summed E-state index contributed by atoms with van der Waals surface area (Å²) in [7, 11) is 3.50. The third-order valence-corrected chi connectivity index (χ3v) is 2.84. The minimum absolute atomic E-state index is 0.358. The first kappa shape index (κ1) is 14.1. The van der Waals surface area contributed by atoms with Gasteiger partial charge in [-0.05, 0) is 6.07 Å². The van der Waals surface area contributed by atoms with Gasteiger partial charge in [-0.3, -0.25) is 9.67 Å². The zero-order chi connectivity index (χ0) is 14.4. The van der Waals surface area contributed by atoms with Crippen LogP contribution in [-0.4, -0.2) is 34.4 Å². The van der Waals surface area contributed by atoms with Crippen molar-refractivity contribution in [3.8, 4) is 0 Å². The van der Waals surface area contributed by atoms with E-state index in [1.165, 1.54) is 0 Å². The number of hydrogen-bond acceptors (Lipinski definition) is 4. The van der Waals surface area contributed by atoms with Gasteiger partial charge in [-0.2, -0.15) is 5.10 Å². The predicted molar refractivity (Wildman–Crippen MR) is 75.1 cm³/mol. The number of aliphatic hydroxyl groups is 1. The highest BCUT2D eigenvalue weighted by Gasteiger charge is 2.10. The fourth-order valence-corrected chi connectivity index (χ4v) is 1.72. The molecule has 2 rings (SSSR count). The van der Waals surface area contributed by atoms with Gasteiger partial charge < -0.3 is 20.2 Å². The maximum atomic E-state index is 10.0. The van der Waals surface area contributed by atoms with Crippen molar-refractivity contribution in [1.29, 1.82) is 0 Å². The van der Waals surface area contributed by atoms with Crippen LogP contribution >= 0.6 is 0 Å². The number of guanidine groups is 1. The van der Waals surface area contributed by atoms with Crippen LogP contribution < -0.4 is 10.6 Å². The molecule has 0 aromatic carbocycles. The van der Waals surface area contributed by atoms with Crippen LogP contribution in [0.4, 0.5) is 0 Å². The normalized spacial score (nSPS) is 13.2. The van der Waals surface area contributed by atoms with E-state index in [-0.39, 0.29) is 0 Å². The minimum atomic E-state index is -0.629. The molecule has 0 aliphatic carbocycles. The molecule has 2 aromatic rings. The summed E-state index contributed by atoms with van der Waals surface area (Å²) >= 11 is 0. The Balaban J connectivity index is 1.79. The van der Waals surface area contributed by atoms with Gasteiger partial charge in [0.25, 0.3) is 0 Å². The molecule has 1 unspecified atom stereocenters. The van der Waals surface area contributed by atoms with Crippen LogP contribution in [0.5, 0.6) is 0 Å². The average Bonchev–Trinajstić information content (AvgIpc) is 3.10. The van der Waals surface area contributed by atoms with Crippen LogP contribution in [0.1, 0.15) is 17.2 Å². The molecule has 0 saturated carbocycles. The molecule has 0 aliphatic rings. The first-order valence-corrected chi connectivity index (χ1v) is 6.31. The SMILES string of the molecule is CN=C(NCc1ccoc1)NCC(O)c1cnn(C)c1. The van der Waals surface area contributed by atoms with Gasteiger partial charge in [0.2, 0.25) is 0 Å². The maximum absolute atomic E-state index is 10.0. The van der Waals surface area contributed by atoms with E-state index in [1.807, 2.05) is 13.1 Å². The third kappa shape index (κ3) is 3.86. The molecule has 0 aliphatic heterocycles. The molecule has 0 amide bonds. The maximum Gasteiger partial charge on any atom is 0.191 e. The van der Waals surface area contributed by atoms with Gasteiger partial charge in [-0.25, -0.2) is 0 Å². The van der Waals surface area contributed by atoms with E-state index < -0.39 is 6.10 Å². The molecule has 0 bridgehead atoms. The van der Waals surface area contributed by atoms with Gasteiger partial charge in [0.1, 0.15) is 0 Å². The van der Waals surface area contributed by atoms with Crippen LogP contribution in [0.25, 0.3) is 0 Å². The number of rotatable bonds is 5. The quantitative estimate of drug-likeness (QED) is 0.544. The zero-order valence-corrected chi connectivity index (χ0v) is 11.6. The molecule has 7 nitrogen and oxygen atoms in total. The van der Waals surface area contributed by atoms with Crippen LogP contribution in [0.2, 0.25) is 0 Å². The van der Waals surface area contributed by atoms with Gasteiger partial charge >= 0.3 is 0 Å². The van der Waals surface area contributed by atoms with Gasteiger partial charge in [-0.15, -0.1) is 0 Å². The van der Waals surface area contributed by atoms with Crippen molar-refractivity contribution in [2.45, 2.75) is 12.6 Å². The van der Waals surface area contributed by atoms with E-state index in [0.29, 0.717) is 19.0 Å². The number of aliphatic hydroxyl groups excluding tert-OH is 1. The lowest BCUT2D eigenvalue weighted by Crippen LogP contribution is -2.38. The van der Waals surface area contributed by atoms with Crippen LogP contribution in [0, 0.1) is 0 Å². The summed E-state index contributed by atoms with van der Waals surface area (Å²) < 4.78 is 6.65. The largest absolute Gasteiger partial charge is 0.472 e. The fourth-order valence-electron chi connectivity index (χ4n) is 1.72. The lowest BCUT2D eigenvalue weighted by Gasteiger charge is -2.14. The molecular weight excluding hydrogens is 258 g/mol. The molecule has 2 heterocycles. The number of hydrogen-bond donors (Lipinski definition) is 3. The van der Waals surface area contributed by atoms with Crippen molar-refractivity contribution in [2.24, 2.45) is 12.0 Å². The molecule has 0 saturated heterocycles. The first-order valence-electron chi connectivity index (χ1n) is 6.31. The third-order valence-electron chi connectivity index (χ3n) is 2.84. The number of nitrogens with zero attached hydrogens (tertiary/aromatic N) is 3. The van der Waals surface area contributed by atoms with Crippen molar-refractivity contribution >= 4 is 5.96 Å². The zero-order valence-electron chi connectivity index (χ0n) is 11.6. The molecule has 20 heavy (non-hydrogen) atoms. The Kier molecular flexibility index (Phi) is 4.78. The smallest absolute Gasteiger partial charge is 0.191 e. The summed E-state index contributed by atoms with van der Waals surface area (Å²) in [6.45, 7) is 0.968. The highest BCUT2D eigenvalue weighted by Crippen LogP contribution is 2.09. The lowest BCUT2D eigenvalue weighted by molar-refractivity contribution is 0.180. The molecule has 0 radical (unpaired) electrons. The molecule has 2 aromatic heterocycles. The van der Waals surface area contributed by atoms with Crippen LogP contribution in [0.15, 0.2) is 40.4 Å². The van der Waals surface area contributed by atoms with Gasteiger partial charge in [-0.1, -0.05) is 0 Å². The number of furan rings is 1. The molecule has 0 spiro atoms. The van der Waals surface area contributed by atoms with Crippen molar-refractivity contribution < 1.29 is 9.52 Å².